The van der Waals surface area contributed by atoms with Gasteiger partial charge in [-0.2, -0.15) is 0 Å². The molecule has 0 unspecified atom stereocenters. The first-order valence-electron chi connectivity index (χ1n) is 18.6. The maximum absolute atomic E-state index is 6.60. The molecular weight excluding hydrogens is 671 g/mol. The van der Waals surface area contributed by atoms with Crippen LogP contribution >= 0.6 is 0 Å². The average Bonchev–Trinajstić information content (AvgIpc) is 3.85. The summed E-state index contributed by atoms with van der Waals surface area (Å²) < 4.78 is 9.02. The molecule has 0 bridgehead atoms. The van der Waals surface area contributed by atoms with Crippen molar-refractivity contribution in [3.63, 3.8) is 0 Å². The van der Waals surface area contributed by atoms with Crippen molar-refractivity contribution >= 4 is 71.5 Å². The summed E-state index contributed by atoms with van der Waals surface area (Å²) in [7, 11) is 0. The lowest BCUT2D eigenvalue weighted by molar-refractivity contribution is 0.620. The van der Waals surface area contributed by atoms with Crippen LogP contribution in [0, 0.1) is 0 Å². The molecule has 0 N–H and O–H groups in total. The SMILES string of the molecule is c1ccc(-c2nc3cccc(N(c4ccc(-c5ccc6c7ccc8ccccc8c7n(-c7ccccc7)c6c5)cc4)c4cccc5ccccc45)c3o2)cc1. The fourth-order valence-electron chi connectivity index (χ4n) is 8.23. The molecule has 0 saturated heterocycles. The number of nitrogens with zero attached hydrogens (tertiary/aromatic N) is 3. The van der Waals surface area contributed by atoms with Gasteiger partial charge in [0.1, 0.15) is 5.52 Å². The topological polar surface area (TPSA) is 34.2 Å². The predicted molar refractivity (Wildman–Crippen MR) is 229 cm³/mol. The normalized spacial score (nSPS) is 11.6. The Morgan fingerprint density at radius 2 is 1.07 bits per heavy atom. The lowest BCUT2D eigenvalue weighted by Crippen LogP contribution is -2.10. The molecule has 4 nitrogen and oxygen atoms in total. The number of hydrogen-bond donors (Lipinski definition) is 0. The van der Waals surface area contributed by atoms with Crippen molar-refractivity contribution in [1.82, 2.24) is 9.55 Å². The van der Waals surface area contributed by atoms with E-state index >= 15 is 0 Å². The Morgan fingerprint density at radius 1 is 0.436 bits per heavy atom. The Balaban J connectivity index is 1.08. The maximum Gasteiger partial charge on any atom is 0.227 e. The summed E-state index contributed by atoms with van der Waals surface area (Å²) in [5.74, 6) is 0.604. The predicted octanol–water partition coefficient (Wildman–Crippen LogP) is 14.0. The second-order valence-corrected chi connectivity index (χ2v) is 14.0. The molecule has 2 heterocycles. The number of para-hydroxylation sites is 2. The minimum absolute atomic E-state index is 0.604. The van der Waals surface area contributed by atoms with Crippen molar-refractivity contribution in [3.05, 3.63) is 200 Å². The van der Waals surface area contributed by atoms with Crippen LogP contribution in [0.5, 0.6) is 0 Å². The van der Waals surface area contributed by atoms with Crippen LogP contribution in [0.15, 0.2) is 205 Å². The van der Waals surface area contributed by atoms with Gasteiger partial charge in [-0.15, -0.1) is 0 Å². The minimum atomic E-state index is 0.604. The van der Waals surface area contributed by atoms with Crippen molar-refractivity contribution in [2.24, 2.45) is 0 Å². The smallest absolute Gasteiger partial charge is 0.227 e. The maximum atomic E-state index is 6.60. The summed E-state index contributed by atoms with van der Waals surface area (Å²) in [6.45, 7) is 0. The fraction of sp³-hybridized carbons (Fsp3) is 0. The van der Waals surface area contributed by atoms with Gasteiger partial charge in [0.2, 0.25) is 5.89 Å². The fourth-order valence-corrected chi connectivity index (χ4v) is 8.23. The van der Waals surface area contributed by atoms with Crippen molar-refractivity contribution in [2.45, 2.75) is 0 Å². The summed E-state index contributed by atoms with van der Waals surface area (Å²) in [4.78, 5) is 7.22. The number of benzene rings is 9. The lowest BCUT2D eigenvalue weighted by Gasteiger charge is -2.27. The highest BCUT2D eigenvalue weighted by Crippen LogP contribution is 2.44. The zero-order valence-electron chi connectivity index (χ0n) is 29.8. The van der Waals surface area contributed by atoms with E-state index in [1.807, 2.05) is 36.4 Å². The van der Waals surface area contributed by atoms with E-state index in [-0.39, 0.29) is 0 Å². The number of fused-ring (bicyclic) bond motifs is 7. The third-order valence-electron chi connectivity index (χ3n) is 10.8. The monoisotopic (exact) mass is 703 g/mol. The molecule has 0 radical (unpaired) electrons. The number of hydrogen-bond acceptors (Lipinski definition) is 3. The van der Waals surface area contributed by atoms with Gasteiger partial charge < -0.3 is 13.9 Å². The zero-order valence-corrected chi connectivity index (χ0v) is 29.8. The number of rotatable bonds is 6. The third-order valence-corrected chi connectivity index (χ3v) is 10.8. The molecule has 4 heteroatoms. The standard InChI is InChI=1S/C51H33N3O/c1-3-15-37(16-4-1)51-52-45-22-12-24-47(50(45)55-51)53(46-23-11-17-35-13-7-9-20-41(35)46)40-29-25-34(26-30-40)38-28-31-43-44-32-27-36-14-8-10-21-42(36)49(44)54(48(43)33-38)39-18-5-2-6-19-39/h1-33H. The van der Waals surface area contributed by atoms with E-state index in [0.29, 0.717) is 5.89 Å². The first-order chi connectivity index (χ1) is 27.3. The van der Waals surface area contributed by atoms with Gasteiger partial charge in [-0.3, -0.25) is 0 Å². The van der Waals surface area contributed by atoms with Gasteiger partial charge in [-0.1, -0.05) is 140 Å². The lowest BCUT2D eigenvalue weighted by atomic mass is 10.0. The molecule has 0 fully saturated rings. The van der Waals surface area contributed by atoms with Gasteiger partial charge in [0, 0.05) is 38.5 Å². The van der Waals surface area contributed by atoms with Crippen LogP contribution in [0.3, 0.4) is 0 Å². The first-order valence-corrected chi connectivity index (χ1v) is 18.6. The molecule has 0 saturated carbocycles. The van der Waals surface area contributed by atoms with Crippen LogP contribution < -0.4 is 4.90 Å². The Labute approximate surface area is 317 Å². The average molecular weight is 704 g/mol. The van der Waals surface area contributed by atoms with E-state index in [2.05, 4.69) is 173 Å². The van der Waals surface area contributed by atoms with Crippen molar-refractivity contribution < 1.29 is 4.42 Å². The van der Waals surface area contributed by atoms with E-state index in [1.165, 1.54) is 38.0 Å². The van der Waals surface area contributed by atoms with Crippen molar-refractivity contribution in [3.8, 4) is 28.3 Å². The molecule has 55 heavy (non-hydrogen) atoms. The number of aromatic nitrogens is 2. The van der Waals surface area contributed by atoms with Gasteiger partial charge in [0.25, 0.3) is 0 Å². The molecule has 0 aliphatic carbocycles. The van der Waals surface area contributed by atoms with E-state index in [0.717, 1.165) is 55.9 Å². The second kappa shape index (κ2) is 12.6. The summed E-state index contributed by atoms with van der Waals surface area (Å²) in [5, 5.41) is 7.30. The molecule has 2 aromatic heterocycles. The quantitative estimate of drug-likeness (QED) is 0.173. The van der Waals surface area contributed by atoms with E-state index in [9.17, 15) is 0 Å². The van der Waals surface area contributed by atoms with Gasteiger partial charge in [-0.25, -0.2) is 4.98 Å². The molecular formula is C51H33N3O. The van der Waals surface area contributed by atoms with Gasteiger partial charge in [-0.05, 0) is 82.6 Å². The Bertz CT molecular complexity index is 3190. The molecule has 9 aromatic carbocycles. The Morgan fingerprint density at radius 3 is 1.89 bits per heavy atom. The van der Waals surface area contributed by atoms with Crippen molar-refractivity contribution in [2.75, 3.05) is 4.90 Å². The highest BCUT2D eigenvalue weighted by molar-refractivity contribution is 6.19. The van der Waals surface area contributed by atoms with E-state index < -0.39 is 0 Å². The van der Waals surface area contributed by atoms with Crippen LogP contribution in [0.4, 0.5) is 17.1 Å². The third kappa shape index (κ3) is 5.11. The van der Waals surface area contributed by atoms with Gasteiger partial charge in [0.05, 0.1) is 22.4 Å². The minimum Gasteiger partial charge on any atom is -0.434 e. The van der Waals surface area contributed by atoms with Crippen LogP contribution in [0.1, 0.15) is 0 Å². The number of oxazole rings is 1. The summed E-state index contributed by atoms with van der Waals surface area (Å²) in [6.07, 6.45) is 0. The highest BCUT2D eigenvalue weighted by atomic mass is 16.3. The van der Waals surface area contributed by atoms with Gasteiger partial charge >= 0.3 is 0 Å². The largest absolute Gasteiger partial charge is 0.434 e. The highest BCUT2D eigenvalue weighted by Gasteiger charge is 2.22. The summed E-state index contributed by atoms with van der Waals surface area (Å²) in [6, 6.07) is 71.0. The summed E-state index contributed by atoms with van der Waals surface area (Å²) >= 11 is 0. The first kappa shape index (κ1) is 31.1. The number of anilines is 3. The van der Waals surface area contributed by atoms with Crippen LogP contribution in [-0.4, -0.2) is 9.55 Å². The van der Waals surface area contributed by atoms with Crippen LogP contribution in [0.25, 0.3) is 82.7 Å². The molecule has 0 aliphatic heterocycles. The van der Waals surface area contributed by atoms with Crippen LogP contribution in [-0.2, 0) is 0 Å². The second-order valence-electron chi connectivity index (χ2n) is 14.0. The Hall–Kier alpha value is -7.43. The molecule has 0 amide bonds. The molecule has 0 atom stereocenters. The zero-order chi connectivity index (χ0) is 36.3. The molecule has 258 valence electrons. The Kier molecular flexibility index (Phi) is 7.14. The summed E-state index contributed by atoms with van der Waals surface area (Å²) in [5.41, 5.74) is 11.4. The van der Waals surface area contributed by atoms with E-state index in [4.69, 9.17) is 9.40 Å². The van der Waals surface area contributed by atoms with Gasteiger partial charge in [0.15, 0.2) is 5.58 Å². The molecule has 11 rings (SSSR count). The molecule has 0 spiro atoms. The van der Waals surface area contributed by atoms with Crippen molar-refractivity contribution in [1.29, 1.82) is 0 Å². The van der Waals surface area contributed by atoms with Crippen LogP contribution in [0.2, 0.25) is 0 Å². The molecule has 0 aliphatic rings. The molecule has 11 aromatic rings. The van der Waals surface area contributed by atoms with E-state index in [1.54, 1.807) is 0 Å².